The number of esters is 1. The fourth-order valence-electron chi connectivity index (χ4n) is 1.14. The van der Waals surface area contributed by atoms with Gasteiger partial charge in [-0.3, -0.25) is 4.79 Å². The van der Waals surface area contributed by atoms with E-state index in [1.807, 2.05) is 6.07 Å². The van der Waals surface area contributed by atoms with E-state index in [9.17, 15) is 4.79 Å². The highest BCUT2D eigenvalue weighted by atomic mass is 32.2. The Morgan fingerprint density at radius 2 is 2.19 bits per heavy atom. The smallest absolute Gasteiger partial charge is 0.316 e. The molecule has 0 heterocycles. The summed E-state index contributed by atoms with van der Waals surface area (Å²) >= 11 is 1.38. The number of hydrogen-bond donors (Lipinski definition) is 1. The average Bonchev–Trinajstić information content (AvgIpc) is 2.26. The highest BCUT2D eigenvalue weighted by molar-refractivity contribution is 8.00. The van der Waals surface area contributed by atoms with Crippen LogP contribution in [0, 0.1) is 0 Å². The molecule has 0 aliphatic rings. The van der Waals surface area contributed by atoms with Gasteiger partial charge < -0.3 is 15.2 Å². The molecule has 0 aliphatic heterocycles. The van der Waals surface area contributed by atoms with E-state index in [1.165, 1.54) is 11.8 Å². The summed E-state index contributed by atoms with van der Waals surface area (Å²) in [6.45, 7) is 2.19. The summed E-state index contributed by atoms with van der Waals surface area (Å²) in [6.07, 6.45) is 0. The number of anilines is 1. The highest BCUT2D eigenvalue weighted by Crippen LogP contribution is 2.26. The molecule has 1 aromatic rings. The largest absolute Gasteiger partial charge is 0.497 e. The van der Waals surface area contributed by atoms with Crippen LogP contribution in [0.2, 0.25) is 0 Å². The first kappa shape index (κ1) is 12.7. The Morgan fingerprint density at radius 3 is 2.81 bits per heavy atom. The molecule has 0 fully saturated rings. The summed E-state index contributed by atoms with van der Waals surface area (Å²) in [7, 11) is 1.58. The van der Waals surface area contributed by atoms with Crippen molar-refractivity contribution in [3.8, 4) is 5.75 Å². The number of carbonyl (C=O) groups excluding carboxylic acids is 1. The third kappa shape index (κ3) is 4.02. The van der Waals surface area contributed by atoms with E-state index in [0.717, 1.165) is 4.90 Å². The first-order chi connectivity index (χ1) is 7.65. The Balaban J connectivity index is 2.59. The minimum absolute atomic E-state index is 0.228. The number of hydrogen-bond acceptors (Lipinski definition) is 5. The lowest BCUT2D eigenvalue weighted by molar-refractivity contribution is -0.139. The van der Waals surface area contributed by atoms with E-state index < -0.39 is 0 Å². The van der Waals surface area contributed by atoms with Gasteiger partial charge in [0.1, 0.15) is 5.75 Å². The minimum atomic E-state index is -0.228. The lowest BCUT2D eigenvalue weighted by atomic mass is 10.3. The van der Waals surface area contributed by atoms with Crippen LogP contribution in [-0.2, 0) is 9.53 Å². The summed E-state index contributed by atoms with van der Waals surface area (Å²) in [5.74, 6) is 0.737. The van der Waals surface area contributed by atoms with Crippen molar-refractivity contribution >= 4 is 23.4 Å². The van der Waals surface area contributed by atoms with Crippen LogP contribution in [0.4, 0.5) is 5.69 Å². The average molecular weight is 241 g/mol. The van der Waals surface area contributed by atoms with Crippen molar-refractivity contribution in [2.75, 3.05) is 25.2 Å². The zero-order chi connectivity index (χ0) is 12.0. The lowest BCUT2D eigenvalue weighted by Crippen LogP contribution is -2.06. The molecule has 0 aliphatic carbocycles. The summed E-state index contributed by atoms with van der Waals surface area (Å²) in [6, 6.07) is 5.36. The van der Waals surface area contributed by atoms with Gasteiger partial charge in [0.25, 0.3) is 0 Å². The molecule has 0 radical (unpaired) electrons. The number of rotatable bonds is 5. The Bertz CT molecular complexity index is 368. The van der Waals surface area contributed by atoms with Gasteiger partial charge in [-0.2, -0.15) is 0 Å². The Hall–Kier alpha value is -1.36. The maximum atomic E-state index is 11.2. The summed E-state index contributed by atoms with van der Waals surface area (Å²) in [5, 5.41) is 0. The van der Waals surface area contributed by atoms with Gasteiger partial charge in [-0.1, -0.05) is 0 Å². The molecule has 2 N–H and O–H groups in total. The predicted molar refractivity (Wildman–Crippen MR) is 64.8 cm³/mol. The van der Waals surface area contributed by atoms with Crippen LogP contribution in [0.3, 0.4) is 0 Å². The first-order valence-corrected chi connectivity index (χ1v) is 5.87. The normalized spacial score (nSPS) is 9.88. The fraction of sp³-hybridized carbons (Fsp3) is 0.364. The van der Waals surface area contributed by atoms with Crippen LogP contribution < -0.4 is 10.5 Å². The Morgan fingerprint density at radius 1 is 1.44 bits per heavy atom. The van der Waals surface area contributed by atoms with Crippen LogP contribution in [0.15, 0.2) is 23.1 Å². The van der Waals surface area contributed by atoms with E-state index in [1.54, 1.807) is 26.2 Å². The Labute approximate surface area is 99.1 Å². The van der Waals surface area contributed by atoms with E-state index in [-0.39, 0.29) is 11.7 Å². The van der Waals surface area contributed by atoms with Gasteiger partial charge in [-0.15, -0.1) is 11.8 Å². The molecule has 0 spiro atoms. The van der Waals surface area contributed by atoms with E-state index in [0.29, 0.717) is 18.0 Å². The van der Waals surface area contributed by atoms with Crippen molar-refractivity contribution in [3.63, 3.8) is 0 Å². The molecular weight excluding hydrogens is 226 g/mol. The molecule has 1 aromatic carbocycles. The van der Waals surface area contributed by atoms with Crippen molar-refractivity contribution in [1.29, 1.82) is 0 Å². The second-order valence-corrected chi connectivity index (χ2v) is 4.08. The van der Waals surface area contributed by atoms with Gasteiger partial charge in [0, 0.05) is 16.6 Å². The molecule has 88 valence electrons. The maximum Gasteiger partial charge on any atom is 0.316 e. The van der Waals surface area contributed by atoms with Crippen molar-refractivity contribution in [3.05, 3.63) is 18.2 Å². The molecule has 5 heteroatoms. The minimum Gasteiger partial charge on any atom is -0.497 e. The molecule has 0 atom stereocenters. The lowest BCUT2D eigenvalue weighted by Gasteiger charge is -2.06. The number of nitrogen functional groups attached to an aromatic ring is 1. The monoisotopic (exact) mass is 241 g/mol. The molecule has 1 rings (SSSR count). The fourth-order valence-corrected chi connectivity index (χ4v) is 1.93. The second-order valence-electron chi connectivity index (χ2n) is 3.04. The van der Waals surface area contributed by atoms with Gasteiger partial charge in [-0.25, -0.2) is 0 Å². The molecule has 4 nitrogen and oxygen atoms in total. The molecular formula is C11H15NO3S. The number of carbonyl (C=O) groups is 1. The van der Waals surface area contributed by atoms with E-state index >= 15 is 0 Å². The number of benzene rings is 1. The number of ether oxygens (including phenoxy) is 2. The zero-order valence-corrected chi connectivity index (χ0v) is 10.2. The summed E-state index contributed by atoms with van der Waals surface area (Å²) in [4.78, 5) is 12.0. The zero-order valence-electron chi connectivity index (χ0n) is 9.36. The van der Waals surface area contributed by atoms with Crippen LogP contribution in [0.1, 0.15) is 6.92 Å². The van der Waals surface area contributed by atoms with Gasteiger partial charge >= 0.3 is 5.97 Å². The molecule has 0 unspecified atom stereocenters. The third-order valence-corrected chi connectivity index (χ3v) is 2.75. The van der Waals surface area contributed by atoms with Gasteiger partial charge in [0.2, 0.25) is 0 Å². The molecule has 0 saturated heterocycles. The van der Waals surface area contributed by atoms with Gasteiger partial charge in [0.15, 0.2) is 0 Å². The summed E-state index contributed by atoms with van der Waals surface area (Å²) in [5.41, 5.74) is 6.31. The number of thioether (sulfide) groups is 1. The summed E-state index contributed by atoms with van der Waals surface area (Å²) < 4.78 is 9.91. The Kier molecular flexibility index (Phi) is 4.98. The third-order valence-electron chi connectivity index (χ3n) is 1.80. The second kappa shape index (κ2) is 6.27. The molecule has 0 amide bonds. The van der Waals surface area contributed by atoms with Crippen molar-refractivity contribution in [1.82, 2.24) is 0 Å². The van der Waals surface area contributed by atoms with Crippen molar-refractivity contribution < 1.29 is 14.3 Å². The molecule has 0 bridgehead atoms. The predicted octanol–water partition coefficient (Wildman–Crippen LogP) is 1.93. The molecule has 0 saturated carbocycles. The standard InChI is InChI=1S/C11H15NO3S/c1-3-15-11(13)7-16-10-5-8(12)4-9(6-10)14-2/h4-6H,3,7,12H2,1-2H3. The van der Waals surface area contributed by atoms with Crippen LogP contribution in [-0.4, -0.2) is 25.4 Å². The van der Waals surface area contributed by atoms with E-state index in [4.69, 9.17) is 15.2 Å². The maximum absolute atomic E-state index is 11.2. The van der Waals surface area contributed by atoms with Gasteiger partial charge in [0.05, 0.1) is 19.5 Å². The van der Waals surface area contributed by atoms with Crippen LogP contribution in [0.25, 0.3) is 0 Å². The van der Waals surface area contributed by atoms with E-state index in [2.05, 4.69) is 0 Å². The van der Waals surface area contributed by atoms with Crippen LogP contribution in [0.5, 0.6) is 5.75 Å². The number of methoxy groups -OCH3 is 1. The van der Waals surface area contributed by atoms with Crippen molar-refractivity contribution in [2.45, 2.75) is 11.8 Å². The topological polar surface area (TPSA) is 61.5 Å². The molecule has 16 heavy (non-hydrogen) atoms. The van der Waals surface area contributed by atoms with Crippen molar-refractivity contribution in [2.24, 2.45) is 0 Å². The number of nitrogens with two attached hydrogens (primary N) is 1. The highest BCUT2D eigenvalue weighted by Gasteiger charge is 2.05. The molecule has 0 aromatic heterocycles. The van der Waals surface area contributed by atoms with Crippen LogP contribution >= 0.6 is 11.8 Å². The SMILES string of the molecule is CCOC(=O)CSc1cc(N)cc(OC)c1. The van der Waals surface area contributed by atoms with Gasteiger partial charge in [-0.05, 0) is 19.1 Å². The first-order valence-electron chi connectivity index (χ1n) is 4.88. The quantitative estimate of drug-likeness (QED) is 0.485.